The molecule has 5 rings (SSSR count). The van der Waals surface area contributed by atoms with E-state index >= 15 is 0 Å². The summed E-state index contributed by atoms with van der Waals surface area (Å²) in [7, 11) is 1.92. The molecule has 2 aromatic heterocycles. The maximum absolute atomic E-state index is 13.7. The number of rotatable bonds is 6. The highest BCUT2D eigenvalue weighted by Gasteiger charge is 2.26. The number of para-hydroxylation sites is 2. The molecule has 8 nitrogen and oxygen atoms in total. The summed E-state index contributed by atoms with van der Waals surface area (Å²) in [6, 6.07) is 9.68. The van der Waals surface area contributed by atoms with Crippen LogP contribution in [0.1, 0.15) is 18.1 Å². The van der Waals surface area contributed by atoms with Gasteiger partial charge in [-0.1, -0.05) is 19.1 Å². The van der Waals surface area contributed by atoms with E-state index in [4.69, 9.17) is 4.42 Å². The third-order valence-electron chi connectivity index (χ3n) is 6.96. The number of nitrogens with zero attached hydrogens (tertiary/aromatic N) is 3. The van der Waals surface area contributed by atoms with Gasteiger partial charge in [0.2, 0.25) is 5.43 Å². The van der Waals surface area contributed by atoms with Crippen LogP contribution in [0.5, 0.6) is 5.75 Å². The Bertz CT molecular complexity index is 1400. The molecule has 0 amide bonds. The Balaban J connectivity index is 1.58. The largest absolute Gasteiger partial charge is 0.507 e. The van der Waals surface area contributed by atoms with E-state index in [1.807, 2.05) is 42.8 Å². The fourth-order valence-corrected chi connectivity index (χ4v) is 4.96. The van der Waals surface area contributed by atoms with E-state index in [0.717, 1.165) is 42.8 Å². The van der Waals surface area contributed by atoms with Gasteiger partial charge in [0.1, 0.15) is 23.2 Å². The van der Waals surface area contributed by atoms with E-state index in [2.05, 4.69) is 14.8 Å². The van der Waals surface area contributed by atoms with Crippen molar-refractivity contribution >= 4 is 22.0 Å². The van der Waals surface area contributed by atoms with E-state index in [1.165, 1.54) is 6.26 Å². The number of hydrogen-bond acceptors (Lipinski definition) is 6. The van der Waals surface area contributed by atoms with Gasteiger partial charge in [0, 0.05) is 39.3 Å². The Morgan fingerprint density at radius 1 is 1.15 bits per heavy atom. The van der Waals surface area contributed by atoms with Crippen molar-refractivity contribution in [2.45, 2.75) is 19.9 Å². The maximum atomic E-state index is 13.7. The highest BCUT2D eigenvalue weighted by atomic mass is 16.3. The number of β-amino-alcohol motifs (C(OH)–C–C–N with tert-alkyl or cyclic N) is 1. The van der Waals surface area contributed by atoms with E-state index in [-0.39, 0.29) is 17.8 Å². The minimum atomic E-state index is -0.118. The first kappa shape index (κ1) is 22.6. The van der Waals surface area contributed by atoms with Crippen LogP contribution in [0.4, 0.5) is 0 Å². The van der Waals surface area contributed by atoms with Crippen molar-refractivity contribution in [2.75, 3.05) is 39.3 Å². The molecule has 8 heteroatoms. The van der Waals surface area contributed by atoms with E-state index in [1.54, 1.807) is 6.07 Å². The second-order valence-corrected chi connectivity index (χ2v) is 8.96. The minimum absolute atomic E-state index is 0.118. The van der Waals surface area contributed by atoms with Gasteiger partial charge in [-0.25, -0.2) is 9.55 Å². The normalized spacial score (nSPS) is 15.5. The van der Waals surface area contributed by atoms with Crippen LogP contribution in [0, 0.1) is 0 Å². The van der Waals surface area contributed by atoms with Gasteiger partial charge in [-0.3, -0.25) is 14.6 Å². The molecule has 1 aliphatic rings. The molecule has 0 spiro atoms. The molecule has 34 heavy (non-hydrogen) atoms. The van der Waals surface area contributed by atoms with Crippen LogP contribution >= 0.6 is 0 Å². The van der Waals surface area contributed by atoms with Crippen molar-refractivity contribution < 1.29 is 19.2 Å². The Labute approximate surface area is 197 Å². The number of aryl methyl sites for hydroxylation is 2. The van der Waals surface area contributed by atoms with Crippen LogP contribution < -0.4 is 10.00 Å². The summed E-state index contributed by atoms with van der Waals surface area (Å²) in [6.07, 6.45) is 2.12. The summed E-state index contributed by atoms with van der Waals surface area (Å²) in [5.74, 6) is 0.893. The summed E-state index contributed by atoms with van der Waals surface area (Å²) in [5.41, 5.74) is 4.13. The van der Waals surface area contributed by atoms with Gasteiger partial charge in [-0.15, -0.1) is 0 Å². The smallest absolute Gasteiger partial charge is 0.294 e. The number of nitrogens with one attached hydrogen (secondary N) is 1. The lowest BCUT2D eigenvalue weighted by Crippen LogP contribution is -2.46. The number of aromatic nitrogens is 2. The predicted molar refractivity (Wildman–Crippen MR) is 131 cm³/mol. The second-order valence-electron chi connectivity index (χ2n) is 8.96. The molecule has 0 saturated carbocycles. The number of hydrogen-bond donors (Lipinski definition) is 3. The predicted octanol–water partition coefficient (Wildman–Crippen LogP) is 2.14. The Morgan fingerprint density at radius 3 is 2.59 bits per heavy atom. The third kappa shape index (κ3) is 3.87. The van der Waals surface area contributed by atoms with Crippen molar-refractivity contribution in [3.63, 3.8) is 0 Å². The molecule has 0 unspecified atom stereocenters. The second kappa shape index (κ2) is 9.21. The molecule has 0 atom stereocenters. The fourth-order valence-electron chi connectivity index (χ4n) is 4.96. The van der Waals surface area contributed by atoms with Gasteiger partial charge < -0.3 is 14.6 Å². The quantitative estimate of drug-likeness (QED) is 0.379. The van der Waals surface area contributed by atoms with E-state index in [9.17, 15) is 15.0 Å². The number of fused-ring (bicyclic) bond motifs is 2. The zero-order chi connectivity index (χ0) is 23.8. The molecular weight excluding hydrogens is 432 g/mol. The molecule has 4 aromatic rings. The first-order chi connectivity index (χ1) is 16.5. The molecular formula is C26H31N4O4+. The zero-order valence-corrected chi connectivity index (χ0v) is 19.7. The summed E-state index contributed by atoms with van der Waals surface area (Å²) < 4.78 is 8.04. The van der Waals surface area contributed by atoms with Gasteiger partial charge in [-0.05, 0) is 30.2 Å². The molecule has 3 N–H and O–H groups in total. The molecule has 178 valence electrons. The first-order valence-electron chi connectivity index (χ1n) is 11.8. The van der Waals surface area contributed by atoms with Crippen LogP contribution in [0.15, 0.2) is 45.8 Å². The fraction of sp³-hybridized carbons (Fsp3) is 0.385. The molecule has 1 fully saturated rings. The Morgan fingerprint density at radius 2 is 1.88 bits per heavy atom. The minimum Gasteiger partial charge on any atom is -0.507 e. The molecule has 0 radical (unpaired) electrons. The highest BCUT2D eigenvalue weighted by Crippen LogP contribution is 2.33. The van der Waals surface area contributed by atoms with Gasteiger partial charge in [0.25, 0.3) is 5.82 Å². The standard InChI is InChI=1S/C26H30N4O4/c1-3-17-14-18-24(33)20(26-27-21-6-4-5-7-22(21)28(26)2)16-34-25(18)19(23(17)32)15-30-10-8-29(9-11-30)12-13-31/h4-7,14,16,31H,3,8-13,15H2,1-2H3,(H,32,33)/p+1. The average molecular weight is 464 g/mol. The zero-order valence-electron chi connectivity index (χ0n) is 19.7. The SMILES string of the molecule is CCc1cc2c(=O)c(-c3[nH]c4ccccc4[n+]3C)coc2c(CN2CCN(CCO)CC2)c1O. The lowest BCUT2D eigenvalue weighted by Gasteiger charge is -2.34. The monoisotopic (exact) mass is 463 g/mol. The van der Waals surface area contributed by atoms with Crippen LogP contribution in [0.2, 0.25) is 0 Å². The molecule has 1 saturated heterocycles. The number of phenolic OH excluding ortho intramolecular Hbond substituents is 1. The van der Waals surface area contributed by atoms with Crippen molar-refractivity contribution in [3.8, 4) is 17.1 Å². The molecule has 0 aliphatic carbocycles. The van der Waals surface area contributed by atoms with Gasteiger partial charge in [0.05, 0.1) is 24.6 Å². The third-order valence-corrected chi connectivity index (χ3v) is 6.96. The van der Waals surface area contributed by atoms with Crippen molar-refractivity contribution in [1.82, 2.24) is 14.8 Å². The van der Waals surface area contributed by atoms with Crippen LogP contribution in [-0.4, -0.2) is 64.3 Å². The van der Waals surface area contributed by atoms with Crippen LogP contribution in [-0.2, 0) is 20.0 Å². The number of imidazole rings is 1. The van der Waals surface area contributed by atoms with Crippen molar-refractivity contribution in [1.29, 1.82) is 0 Å². The number of aliphatic hydroxyl groups excluding tert-OH is 1. The van der Waals surface area contributed by atoms with E-state index in [0.29, 0.717) is 47.4 Å². The highest BCUT2D eigenvalue weighted by molar-refractivity contribution is 5.86. The number of aromatic amines is 1. The maximum Gasteiger partial charge on any atom is 0.294 e. The average Bonchev–Trinajstić information content (AvgIpc) is 3.18. The van der Waals surface area contributed by atoms with Crippen molar-refractivity contribution in [3.05, 3.63) is 57.9 Å². The lowest BCUT2D eigenvalue weighted by atomic mass is 10.0. The topological polar surface area (TPSA) is 96.8 Å². The summed E-state index contributed by atoms with van der Waals surface area (Å²) in [5, 5.41) is 20.7. The lowest BCUT2D eigenvalue weighted by molar-refractivity contribution is -0.633. The number of aromatic hydroxyl groups is 1. The van der Waals surface area contributed by atoms with Crippen LogP contribution in [0.25, 0.3) is 33.4 Å². The number of phenols is 1. The number of H-pyrrole nitrogens is 1. The van der Waals surface area contributed by atoms with E-state index < -0.39 is 0 Å². The molecule has 2 aromatic carbocycles. The van der Waals surface area contributed by atoms with Gasteiger partial charge in [-0.2, -0.15) is 0 Å². The number of piperazine rings is 1. The van der Waals surface area contributed by atoms with Gasteiger partial charge in [0.15, 0.2) is 11.0 Å². The molecule has 0 bridgehead atoms. The summed E-state index contributed by atoms with van der Waals surface area (Å²) >= 11 is 0. The van der Waals surface area contributed by atoms with Crippen molar-refractivity contribution in [2.24, 2.45) is 7.05 Å². The number of benzene rings is 2. The first-order valence-corrected chi connectivity index (χ1v) is 11.8. The van der Waals surface area contributed by atoms with Crippen LogP contribution in [0.3, 0.4) is 0 Å². The number of aliphatic hydroxyl groups is 1. The molecule has 1 aliphatic heterocycles. The van der Waals surface area contributed by atoms with Gasteiger partial charge >= 0.3 is 0 Å². The Kier molecular flexibility index (Phi) is 6.12. The molecule has 3 heterocycles. The Hall–Kier alpha value is -3.20. The summed E-state index contributed by atoms with van der Waals surface area (Å²) in [6.45, 7) is 6.68. The summed E-state index contributed by atoms with van der Waals surface area (Å²) in [4.78, 5) is 21.5.